The second-order valence-corrected chi connectivity index (χ2v) is 4.09. The molecule has 0 saturated carbocycles. The molecule has 0 spiro atoms. The zero-order chi connectivity index (χ0) is 12.7. The Kier molecular flexibility index (Phi) is 2.27. The Hall–Kier alpha value is -2.42. The third-order valence-electron chi connectivity index (χ3n) is 3.14. The van der Waals surface area contributed by atoms with Crippen LogP contribution in [-0.4, -0.2) is 18.7 Å². The normalized spacial score (nSPS) is 12.9. The average molecular weight is 238 g/mol. The molecule has 0 radical (unpaired) electrons. The van der Waals surface area contributed by atoms with Crippen molar-refractivity contribution in [2.24, 2.45) is 0 Å². The molecule has 0 amide bonds. The molecule has 2 aromatic rings. The molecule has 3 nitrogen and oxygen atoms in total. The minimum atomic E-state index is -0.499. The lowest BCUT2D eigenvalue weighted by Gasteiger charge is -2.19. The van der Waals surface area contributed by atoms with E-state index in [-0.39, 0.29) is 0 Å². The molecule has 0 bridgehead atoms. The first kappa shape index (κ1) is 10.7. The van der Waals surface area contributed by atoms with E-state index < -0.39 is 11.6 Å². The third-order valence-corrected chi connectivity index (χ3v) is 3.14. The van der Waals surface area contributed by atoms with E-state index in [1.807, 2.05) is 24.3 Å². The van der Waals surface area contributed by atoms with Crippen LogP contribution < -0.4 is 4.74 Å². The first-order chi connectivity index (χ1) is 8.74. The summed E-state index contributed by atoms with van der Waals surface area (Å²) in [6.07, 6.45) is 0. The van der Waals surface area contributed by atoms with Crippen LogP contribution in [0.4, 0.5) is 0 Å². The zero-order valence-corrected chi connectivity index (χ0v) is 9.77. The molecule has 0 heterocycles. The van der Waals surface area contributed by atoms with E-state index in [2.05, 4.69) is 0 Å². The van der Waals surface area contributed by atoms with Gasteiger partial charge in [0, 0.05) is 5.56 Å². The van der Waals surface area contributed by atoms with Crippen molar-refractivity contribution in [2.75, 3.05) is 7.11 Å². The number of fused-ring (bicyclic) bond motifs is 3. The molecule has 0 atom stereocenters. The molecule has 3 rings (SSSR count). The largest absolute Gasteiger partial charge is 0.496 e. The van der Waals surface area contributed by atoms with Crippen LogP contribution in [0.2, 0.25) is 0 Å². The first-order valence-corrected chi connectivity index (χ1v) is 5.59. The number of carbonyl (C=O) groups excluding carboxylic acids is 2. The van der Waals surface area contributed by atoms with Gasteiger partial charge in [-0.25, -0.2) is 0 Å². The van der Waals surface area contributed by atoms with Crippen molar-refractivity contribution in [3.8, 4) is 16.9 Å². The predicted molar refractivity (Wildman–Crippen MR) is 67.1 cm³/mol. The smallest absolute Gasteiger partial charge is 0.237 e. The molecule has 88 valence electrons. The molecule has 0 N–H and O–H groups in total. The van der Waals surface area contributed by atoms with Crippen LogP contribution in [0.3, 0.4) is 0 Å². The van der Waals surface area contributed by atoms with E-state index in [1.54, 1.807) is 18.2 Å². The molecule has 0 aliphatic heterocycles. The molecule has 1 aliphatic rings. The Morgan fingerprint density at radius 3 is 2.17 bits per heavy atom. The number of Topliss-reactive ketones (excluding diaryl/α,β-unsaturated/α-hetero) is 2. The monoisotopic (exact) mass is 238 g/mol. The van der Waals surface area contributed by atoms with Gasteiger partial charge < -0.3 is 4.74 Å². The van der Waals surface area contributed by atoms with E-state index in [4.69, 9.17) is 4.74 Å². The summed E-state index contributed by atoms with van der Waals surface area (Å²) in [6, 6.07) is 12.5. The second-order valence-electron chi connectivity index (χ2n) is 4.09. The molecule has 1 aliphatic carbocycles. The first-order valence-electron chi connectivity index (χ1n) is 5.59. The predicted octanol–water partition coefficient (Wildman–Crippen LogP) is 2.74. The Morgan fingerprint density at radius 1 is 0.778 bits per heavy atom. The van der Waals surface area contributed by atoms with E-state index in [9.17, 15) is 9.59 Å². The molecule has 3 heteroatoms. The van der Waals surface area contributed by atoms with E-state index >= 15 is 0 Å². The molecule has 0 fully saturated rings. The van der Waals surface area contributed by atoms with Crippen LogP contribution in [-0.2, 0) is 0 Å². The van der Waals surface area contributed by atoms with Gasteiger partial charge in [0.25, 0.3) is 0 Å². The van der Waals surface area contributed by atoms with Crippen LogP contribution in [0.15, 0.2) is 42.5 Å². The number of carbonyl (C=O) groups is 2. The summed E-state index contributed by atoms with van der Waals surface area (Å²) in [4.78, 5) is 24.2. The topological polar surface area (TPSA) is 43.4 Å². The highest BCUT2D eigenvalue weighted by atomic mass is 16.5. The number of ketones is 2. The van der Waals surface area contributed by atoms with Crippen molar-refractivity contribution in [3.05, 3.63) is 53.6 Å². The summed E-state index contributed by atoms with van der Waals surface area (Å²) in [5.74, 6) is -0.524. The zero-order valence-electron chi connectivity index (χ0n) is 9.77. The number of rotatable bonds is 1. The fourth-order valence-corrected chi connectivity index (χ4v) is 2.31. The van der Waals surface area contributed by atoms with Crippen molar-refractivity contribution in [1.29, 1.82) is 0 Å². The Balaban J connectivity index is 2.40. The fraction of sp³-hybridized carbons (Fsp3) is 0.0667. The lowest BCUT2D eigenvalue weighted by atomic mass is 9.83. The van der Waals surface area contributed by atoms with E-state index in [0.29, 0.717) is 16.9 Å². The average Bonchev–Trinajstić information content (AvgIpc) is 2.44. The van der Waals surface area contributed by atoms with Gasteiger partial charge in [-0.1, -0.05) is 36.4 Å². The van der Waals surface area contributed by atoms with Crippen molar-refractivity contribution in [1.82, 2.24) is 0 Å². The summed E-state index contributed by atoms with van der Waals surface area (Å²) >= 11 is 0. The fourth-order valence-electron chi connectivity index (χ4n) is 2.31. The summed E-state index contributed by atoms with van der Waals surface area (Å²) in [6.45, 7) is 0. The van der Waals surface area contributed by atoms with Crippen LogP contribution >= 0.6 is 0 Å². The molecule has 2 aromatic carbocycles. The third kappa shape index (κ3) is 1.31. The van der Waals surface area contributed by atoms with Crippen molar-refractivity contribution < 1.29 is 14.3 Å². The summed E-state index contributed by atoms with van der Waals surface area (Å²) < 4.78 is 5.17. The van der Waals surface area contributed by atoms with Crippen LogP contribution in [0, 0.1) is 0 Å². The van der Waals surface area contributed by atoms with Gasteiger partial charge >= 0.3 is 0 Å². The Labute approximate surface area is 104 Å². The van der Waals surface area contributed by atoms with Gasteiger partial charge in [0.05, 0.1) is 12.7 Å². The molecule has 0 unspecified atom stereocenters. The standard InChI is InChI=1S/C15H10O3/c1-18-12-8-4-7-10-9-5-2-3-6-11(9)14(16)15(17)13(10)12/h2-8H,1H3. The Morgan fingerprint density at radius 2 is 1.44 bits per heavy atom. The quantitative estimate of drug-likeness (QED) is 0.717. The number of hydrogen-bond acceptors (Lipinski definition) is 3. The maximum absolute atomic E-state index is 12.1. The van der Waals surface area contributed by atoms with Crippen molar-refractivity contribution >= 4 is 11.6 Å². The van der Waals surface area contributed by atoms with Gasteiger partial charge in [-0.3, -0.25) is 9.59 Å². The maximum atomic E-state index is 12.1. The second kappa shape index (κ2) is 3.81. The van der Waals surface area contributed by atoms with Crippen LogP contribution in [0.5, 0.6) is 5.75 Å². The van der Waals surface area contributed by atoms with Gasteiger partial charge in [-0.05, 0) is 17.2 Å². The number of ether oxygens (including phenoxy) is 1. The Bertz CT molecular complexity index is 671. The highest BCUT2D eigenvalue weighted by Crippen LogP contribution is 2.37. The van der Waals surface area contributed by atoms with E-state index in [1.165, 1.54) is 7.11 Å². The SMILES string of the molecule is COc1cccc2c1C(=O)C(=O)c1ccccc1-2. The summed E-state index contributed by atoms with van der Waals surface area (Å²) in [7, 11) is 1.49. The number of benzene rings is 2. The van der Waals surface area contributed by atoms with Crippen molar-refractivity contribution in [3.63, 3.8) is 0 Å². The minimum absolute atomic E-state index is 0.365. The maximum Gasteiger partial charge on any atom is 0.237 e. The number of hydrogen-bond donors (Lipinski definition) is 0. The van der Waals surface area contributed by atoms with Crippen molar-refractivity contribution in [2.45, 2.75) is 0 Å². The molecular formula is C15H10O3. The van der Waals surface area contributed by atoms with Gasteiger partial charge in [0.15, 0.2) is 0 Å². The van der Waals surface area contributed by atoms with Gasteiger partial charge in [-0.15, -0.1) is 0 Å². The number of methoxy groups -OCH3 is 1. The summed E-state index contributed by atoms with van der Waals surface area (Å²) in [5, 5.41) is 0. The molecular weight excluding hydrogens is 228 g/mol. The molecule has 18 heavy (non-hydrogen) atoms. The van der Waals surface area contributed by atoms with Gasteiger partial charge in [0.2, 0.25) is 11.6 Å². The molecule has 0 saturated heterocycles. The lowest BCUT2D eigenvalue weighted by molar-refractivity contribution is 0.0813. The summed E-state index contributed by atoms with van der Waals surface area (Å²) in [5.41, 5.74) is 2.37. The molecule has 0 aromatic heterocycles. The van der Waals surface area contributed by atoms with Crippen LogP contribution in [0.25, 0.3) is 11.1 Å². The minimum Gasteiger partial charge on any atom is -0.496 e. The highest BCUT2D eigenvalue weighted by Gasteiger charge is 2.32. The lowest BCUT2D eigenvalue weighted by Crippen LogP contribution is -2.21. The van der Waals surface area contributed by atoms with E-state index in [0.717, 1.165) is 11.1 Å². The van der Waals surface area contributed by atoms with Gasteiger partial charge in [0.1, 0.15) is 5.75 Å². The highest BCUT2D eigenvalue weighted by molar-refractivity contribution is 6.53. The van der Waals surface area contributed by atoms with Crippen LogP contribution in [0.1, 0.15) is 20.7 Å². The van der Waals surface area contributed by atoms with Gasteiger partial charge in [-0.2, -0.15) is 0 Å².